The number of unbranched alkanes of at least 4 members (excludes halogenated alkanes) is 20. The summed E-state index contributed by atoms with van der Waals surface area (Å²) >= 11 is 0. The summed E-state index contributed by atoms with van der Waals surface area (Å²) in [4.78, 5) is 0. The zero-order valence-electron chi connectivity index (χ0n) is 21.5. The Hall–Kier alpha value is -0.440. The molecule has 0 aromatic rings. The van der Waals surface area contributed by atoms with E-state index < -0.39 is 0 Å². The Morgan fingerprint density at radius 3 is 1.23 bits per heavy atom. The Morgan fingerprint density at radius 2 is 0.800 bits per heavy atom. The minimum absolute atomic E-state index is 0.796. The summed E-state index contributed by atoms with van der Waals surface area (Å²) in [6.45, 7) is 6.96. The highest BCUT2D eigenvalue weighted by molar-refractivity contribution is 4.99. The first-order valence-electron chi connectivity index (χ1n) is 14.3. The average molecular weight is 419 g/mol. The molecule has 0 fully saturated rings. The molecule has 0 aliphatic carbocycles. The number of hydrogen-bond donors (Lipinski definition) is 0. The van der Waals surface area contributed by atoms with Gasteiger partial charge < -0.3 is 0 Å². The molecule has 0 amide bonds. The van der Waals surface area contributed by atoms with E-state index >= 15 is 0 Å². The normalized spacial score (nSPS) is 12.0. The molecule has 0 saturated carbocycles. The molecule has 0 heterocycles. The van der Waals surface area contributed by atoms with Crippen LogP contribution in [0, 0.1) is 17.8 Å². The Balaban J connectivity index is 3.16. The van der Waals surface area contributed by atoms with Crippen molar-refractivity contribution >= 4 is 0 Å². The highest BCUT2D eigenvalue weighted by Crippen LogP contribution is 2.15. The first kappa shape index (κ1) is 29.6. The molecule has 0 aliphatic rings. The van der Waals surface area contributed by atoms with Crippen molar-refractivity contribution in [2.24, 2.45) is 5.92 Å². The first-order valence-corrected chi connectivity index (χ1v) is 14.3. The lowest BCUT2D eigenvalue weighted by Gasteiger charge is -2.06. The third-order valence-electron chi connectivity index (χ3n) is 6.53. The van der Waals surface area contributed by atoms with Crippen LogP contribution in [-0.4, -0.2) is 0 Å². The summed E-state index contributed by atoms with van der Waals surface area (Å²) in [5, 5.41) is 0. The van der Waals surface area contributed by atoms with Gasteiger partial charge in [-0.15, -0.1) is 11.8 Å². The number of hydrogen-bond acceptors (Lipinski definition) is 0. The summed E-state index contributed by atoms with van der Waals surface area (Å²) in [5.41, 5.74) is 0. The van der Waals surface area contributed by atoms with Gasteiger partial charge in [0.05, 0.1) is 0 Å². The van der Waals surface area contributed by atoms with E-state index in [0.29, 0.717) is 0 Å². The molecule has 0 saturated heterocycles. The zero-order valence-corrected chi connectivity index (χ0v) is 21.5. The summed E-state index contributed by atoms with van der Waals surface area (Å²) in [5.74, 6) is 7.65. The standard InChI is InChI=1S/C30H58/c1-4-6-8-10-11-12-13-14-15-16-17-18-19-20-21-22-23-24-25-27-29-30(3)28-26-9-7-5-2/h30H,4-24,26,28-29H2,1-3H3. The molecule has 0 rings (SSSR count). The quantitative estimate of drug-likeness (QED) is 0.114. The second-order valence-corrected chi connectivity index (χ2v) is 9.92. The lowest BCUT2D eigenvalue weighted by atomic mass is 9.99. The number of rotatable bonds is 23. The van der Waals surface area contributed by atoms with Crippen LogP contribution >= 0.6 is 0 Å². The third-order valence-corrected chi connectivity index (χ3v) is 6.53. The van der Waals surface area contributed by atoms with E-state index in [1.54, 1.807) is 0 Å². The minimum Gasteiger partial charge on any atom is -0.103 e. The maximum atomic E-state index is 3.43. The Morgan fingerprint density at radius 1 is 0.433 bits per heavy atom. The molecule has 0 bridgehead atoms. The fourth-order valence-corrected chi connectivity index (χ4v) is 4.29. The molecule has 178 valence electrons. The van der Waals surface area contributed by atoms with Crippen molar-refractivity contribution in [1.82, 2.24) is 0 Å². The van der Waals surface area contributed by atoms with Gasteiger partial charge >= 0.3 is 0 Å². The van der Waals surface area contributed by atoms with Crippen molar-refractivity contribution in [3.8, 4) is 11.8 Å². The van der Waals surface area contributed by atoms with E-state index in [2.05, 4.69) is 32.6 Å². The van der Waals surface area contributed by atoms with E-state index in [-0.39, 0.29) is 0 Å². The molecule has 0 heteroatoms. The average Bonchev–Trinajstić information content (AvgIpc) is 2.75. The van der Waals surface area contributed by atoms with Crippen LogP contribution in [0.3, 0.4) is 0 Å². The van der Waals surface area contributed by atoms with Gasteiger partial charge in [-0.1, -0.05) is 149 Å². The van der Waals surface area contributed by atoms with Gasteiger partial charge in [0.2, 0.25) is 0 Å². The van der Waals surface area contributed by atoms with Gasteiger partial charge in [-0.05, 0) is 18.8 Å². The molecule has 0 aromatic carbocycles. The largest absolute Gasteiger partial charge is 0.103 e. The van der Waals surface area contributed by atoms with Crippen LogP contribution < -0.4 is 0 Å². The monoisotopic (exact) mass is 418 g/mol. The third kappa shape index (κ3) is 25.6. The van der Waals surface area contributed by atoms with Crippen molar-refractivity contribution in [3.63, 3.8) is 0 Å². The van der Waals surface area contributed by atoms with E-state index in [0.717, 1.165) is 18.8 Å². The Bertz CT molecular complexity index is 358. The predicted octanol–water partition coefficient (Wildman–Crippen LogP) is 11.0. The van der Waals surface area contributed by atoms with Crippen molar-refractivity contribution in [1.29, 1.82) is 0 Å². The Labute approximate surface area is 192 Å². The molecule has 0 spiro atoms. The zero-order chi connectivity index (χ0) is 22.0. The van der Waals surface area contributed by atoms with Crippen molar-refractivity contribution in [2.45, 2.75) is 175 Å². The van der Waals surface area contributed by atoms with Gasteiger partial charge in [0.15, 0.2) is 0 Å². The summed E-state index contributed by atoms with van der Waals surface area (Å²) in [6.07, 6.45) is 33.7. The minimum atomic E-state index is 0.796. The second-order valence-electron chi connectivity index (χ2n) is 9.92. The smallest absolute Gasteiger partial charge is 0.0114 e. The molecule has 0 aromatic heterocycles. The van der Waals surface area contributed by atoms with Crippen LogP contribution in [0.5, 0.6) is 0 Å². The van der Waals surface area contributed by atoms with Crippen LogP contribution in [0.1, 0.15) is 175 Å². The van der Waals surface area contributed by atoms with Crippen molar-refractivity contribution in [3.05, 3.63) is 0 Å². The van der Waals surface area contributed by atoms with Crippen LogP contribution in [0.4, 0.5) is 0 Å². The van der Waals surface area contributed by atoms with Gasteiger partial charge in [-0.2, -0.15) is 0 Å². The predicted molar refractivity (Wildman–Crippen MR) is 139 cm³/mol. The van der Waals surface area contributed by atoms with Crippen LogP contribution in [0.2, 0.25) is 0 Å². The van der Waals surface area contributed by atoms with Gasteiger partial charge in [-0.25, -0.2) is 0 Å². The molecule has 30 heavy (non-hydrogen) atoms. The molecule has 1 unspecified atom stereocenters. The molecular formula is C30H58. The second kappa shape index (κ2) is 26.6. The molecule has 0 aliphatic heterocycles. The van der Waals surface area contributed by atoms with Gasteiger partial charge in [0, 0.05) is 12.8 Å². The summed E-state index contributed by atoms with van der Waals surface area (Å²) < 4.78 is 0. The van der Waals surface area contributed by atoms with Crippen molar-refractivity contribution in [2.75, 3.05) is 0 Å². The van der Waals surface area contributed by atoms with Crippen LogP contribution in [-0.2, 0) is 0 Å². The topological polar surface area (TPSA) is 0 Å². The maximum Gasteiger partial charge on any atom is 0.0114 e. The van der Waals surface area contributed by atoms with E-state index in [1.807, 2.05) is 0 Å². The van der Waals surface area contributed by atoms with E-state index in [4.69, 9.17) is 0 Å². The molecule has 0 radical (unpaired) electrons. The molecule has 0 nitrogen and oxygen atoms in total. The maximum absolute atomic E-state index is 3.43. The Kier molecular flexibility index (Phi) is 26.2. The SMILES string of the molecule is CCCCCCCCCCCCCCCCCCCC#CCC(C)CCCCCC. The lowest BCUT2D eigenvalue weighted by Crippen LogP contribution is -1.92. The highest BCUT2D eigenvalue weighted by atomic mass is 14.0. The van der Waals surface area contributed by atoms with E-state index in [9.17, 15) is 0 Å². The fraction of sp³-hybridized carbons (Fsp3) is 0.933. The van der Waals surface area contributed by atoms with Gasteiger partial charge in [-0.3, -0.25) is 0 Å². The molecule has 1 atom stereocenters. The lowest BCUT2D eigenvalue weighted by molar-refractivity contribution is 0.499. The highest BCUT2D eigenvalue weighted by Gasteiger charge is 1.99. The fourth-order valence-electron chi connectivity index (χ4n) is 4.29. The summed E-state index contributed by atoms with van der Waals surface area (Å²) in [7, 11) is 0. The first-order chi connectivity index (χ1) is 14.8. The molecular weight excluding hydrogens is 360 g/mol. The van der Waals surface area contributed by atoms with Crippen molar-refractivity contribution < 1.29 is 0 Å². The summed E-state index contributed by atoms with van der Waals surface area (Å²) in [6, 6.07) is 0. The molecule has 0 N–H and O–H groups in total. The van der Waals surface area contributed by atoms with Gasteiger partial charge in [0.1, 0.15) is 0 Å². The van der Waals surface area contributed by atoms with Crippen LogP contribution in [0.25, 0.3) is 0 Å². The van der Waals surface area contributed by atoms with Crippen LogP contribution in [0.15, 0.2) is 0 Å². The van der Waals surface area contributed by atoms with E-state index in [1.165, 1.54) is 141 Å². The van der Waals surface area contributed by atoms with Gasteiger partial charge in [0.25, 0.3) is 0 Å².